The summed E-state index contributed by atoms with van der Waals surface area (Å²) >= 11 is 1.44. The number of ether oxygens (including phenoxy) is 1. The second kappa shape index (κ2) is 6.60. The van der Waals surface area contributed by atoms with E-state index in [4.69, 9.17) is 4.74 Å². The predicted molar refractivity (Wildman–Crippen MR) is 94.5 cm³/mol. The van der Waals surface area contributed by atoms with Crippen molar-refractivity contribution < 1.29 is 14.3 Å². The van der Waals surface area contributed by atoms with Gasteiger partial charge in [-0.1, -0.05) is 6.92 Å². The van der Waals surface area contributed by atoms with Crippen molar-refractivity contribution in [3.8, 4) is 17.0 Å². The highest BCUT2D eigenvalue weighted by atomic mass is 32.1. The van der Waals surface area contributed by atoms with E-state index in [0.29, 0.717) is 23.0 Å². The second-order valence-corrected chi connectivity index (χ2v) is 6.89. The molecule has 126 valence electrons. The lowest BCUT2D eigenvalue weighted by molar-refractivity contribution is -0.122. The van der Waals surface area contributed by atoms with Crippen molar-refractivity contribution in [2.45, 2.75) is 39.7 Å². The van der Waals surface area contributed by atoms with Gasteiger partial charge in [0.15, 0.2) is 11.2 Å². The number of carbonyl (C=O) groups is 2. The molecule has 0 aliphatic carbocycles. The molecular formula is C17H19N3O3S. The first-order valence-corrected chi connectivity index (χ1v) is 8.68. The monoisotopic (exact) mass is 345 g/mol. The number of nitrogens with one attached hydrogen (secondary N) is 2. The molecule has 0 saturated heterocycles. The van der Waals surface area contributed by atoms with Crippen LogP contribution in [0.4, 0.5) is 10.8 Å². The van der Waals surface area contributed by atoms with E-state index in [-0.39, 0.29) is 11.8 Å². The van der Waals surface area contributed by atoms with E-state index in [1.165, 1.54) is 11.3 Å². The van der Waals surface area contributed by atoms with Gasteiger partial charge in [-0.05, 0) is 38.5 Å². The van der Waals surface area contributed by atoms with Gasteiger partial charge >= 0.3 is 0 Å². The molecule has 2 amide bonds. The highest BCUT2D eigenvalue weighted by molar-refractivity contribution is 7.16. The molecule has 0 bridgehead atoms. The van der Waals surface area contributed by atoms with Crippen LogP contribution in [0.15, 0.2) is 18.2 Å². The molecule has 1 aromatic heterocycles. The van der Waals surface area contributed by atoms with Gasteiger partial charge < -0.3 is 15.4 Å². The zero-order valence-electron chi connectivity index (χ0n) is 13.8. The van der Waals surface area contributed by atoms with Crippen molar-refractivity contribution in [1.82, 2.24) is 4.98 Å². The number of hydrogen-bond acceptors (Lipinski definition) is 5. The molecule has 0 fully saturated rings. The van der Waals surface area contributed by atoms with E-state index in [1.54, 1.807) is 6.92 Å². The maximum absolute atomic E-state index is 11.8. The van der Waals surface area contributed by atoms with Crippen LogP contribution >= 0.6 is 11.3 Å². The van der Waals surface area contributed by atoms with Crippen LogP contribution in [-0.4, -0.2) is 22.9 Å². The average molecular weight is 345 g/mol. The molecule has 0 radical (unpaired) electrons. The van der Waals surface area contributed by atoms with E-state index >= 15 is 0 Å². The van der Waals surface area contributed by atoms with Crippen molar-refractivity contribution in [3.63, 3.8) is 0 Å². The number of benzene rings is 1. The van der Waals surface area contributed by atoms with Gasteiger partial charge in [0.1, 0.15) is 5.75 Å². The molecule has 2 N–H and O–H groups in total. The van der Waals surface area contributed by atoms with Gasteiger partial charge in [-0.3, -0.25) is 9.59 Å². The Morgan fingerprint density at radius 3 is 3.00 bits per heavy atom. The first-order chi connectivity index (χ1) is 11.5. The maximum Gasteiger partial charge on any atom is 0.265 e. The Balaban J connectivity index is 1.87. The number of hydrogen-bond donors (Lipinski definition) is 2. The Hall–Kier alpha value is -2.41. The Kier molecular flexibility index (Phi) is 4.53. The summed E-state index contributed by atoms with van der Waals surface area (Å²) in [6.45, 7) is 5.63. The Morgan fingerprint density at radius 1 is 1.46 bits per heavy atom. The molecule has 7 heteroatoms. The standard InChI is InChI=1S/C17H19N3O3S/c1-4-5-14(21)19-17-20-15(10(3)24-17)11-6-7-13-12(8-11)18-16(22)9(2)23-13/h6-9H,4-5H2,1-3H3,(H,18,22)(H,19,20,21). The highest BCUT2D eigenvalue weighted by Gasteiger charge is 2.24. The van der Waals surface area contributed by atoms with Gasteiger partial charge in [0.2, 0.25) is 5.91 Å². The minimum atomic E-state index is -0.496. The van der Waals surface area contributed by atoms with Crippen LogP contribution in [0.1, 0.15) is 31.6 Å². The van der Waals surface area contributed by atoms with Crippen LogP contribution in [0.3, 0.4) is 0 Å². The number of fused-ring (bicyclic) bond motifs is 1. The van der Waals surface area contributed by atoms with Crippen molar-refractivity contribution in [2.24, 2.45) is 0 Å². The van der Waals surface area contributed by atoms with Crippen LogP contribution in [0.5, 0.6) is 5.75 Å². The summed E-state index contributed by atoms with van der Waals surface area (Å²) in [7, 11) is 0. The molecule has 2 heterocycles. The molecule has 1 aliphatic heterocycles. The van der Waals surface area contributed by atoms with Gasteiger partial charge in [-0.2, -0.15) is 0 Å². The summed E-state index contributed by atoms with van der Waals surface area (Å²) in [4.78, 5) is 29.0. The molecule has 24 heavy (non-hydrogen) atoms. The predicted octanol–water partition coefficient (Wildman–Crippen LogP) is 3.58. The van der Waals surface area contributed by atoms with Crippen LogP contribution < -0.4 is 15.4 Å². The van der Waals surface area contributed by atoms with Crippen molar-refractivity contribution >= 4 is 34.0 Å². The van der Waals surface area contributed by atoms with Gasteiger partial charge in [-0.25, -0.2) is 4.98 Å². The molecule has 0 saturated carbocycles. The number of anilines is 2. The summed E-state index contributed by atoms with van der Waals surface area (Å²) < 4.78 is 5.56. The summed E-state index contributed by atoms with van der Waals surface area (Å²) in [6.07, 6.45) is 0.783. The topological polar surface area (TPSA) is 80.3 Å². The molecule has 2 aromatic rings. The summed E-state index contributed by atoms with van der Waals surface area (Å²) in [5.74, 6) is 0.454. The van der Waals surface area contributed by atoms with Gasteiger partial charge in [-0.15, -0.1) is 11.3 Å². The van der Waals surface area contributed by atoms with E-state index in [9.17, 15) is 9.59 Å². The minimum absolute atomic E-state index is 0.0297. The largest absolute Gasteiger partial charge is 0.479 e. The molecule has 6 nitrogen and oxygen atoms in total. The molecule has 1 aliphatic rings. The zero-order valence-corrected chi connectivity index (χ0v) is 14.6. The van der Waals surface area contributed by atoms with Crippen LogP contribution in [0.25, 0.3) is 11.3 Å². The molecule has 0 spiro atoms. The second-order valence-electron chi connectivity index (χ2n) is 5.68. The van der Waals surface area contributed by atoms with Gasteiger partial charge in [0.05, 0.1) is 11.4 Å². The summed E-state index contributed by atoms with van der Waals surface area (Å²) in [6, 6.07) is 5.58. The Bertz CT molecular complexity index is 800. The Labute approximate surface area is 144 Å². The fourth-order valence-electron chi connectivity index (χ4n) is 2.48. The lowest BCUT2D eigenvalue weighted by atomic mass is 10.1. The molecule has 1 atom stereocenters. The SMILES string of the molecule is CCCC(=O)Nc1nc(-c2ccc3c(c2)NC(=O)C(C)O3)c(C)s1. The normalized spacial score (nSPS) is 16.1. The van der Waals surface area contributed by atoms with Crippen molar-refractivity contribution in [1.29, 1.82) is 0 Å². The first-order valence-electron chi connectivity index (χ1n) is 7.87. The third kappa shape index (κ3) is 3.26. The Morgan fingerprint density at radius 2 is 2.25 bits per heavy atom. The number of carbonyl (C=O) groups excluding carboxylic acids is 2. The van der Waals surface area contributed by atoms with Gasteiger partial charge in [0.25, 0.3) is 5.91 Å². The minimum Gasteiger partial charge on any atom is -0.479 e. The molecule has 3 rings (SSSR count). The number of amides is 2. The van der Waals surface area contributed by atoms with E-state index < -0.39 is 6.10 Å². The zero-order chi connectivity index (χ0) is 17.3. The fourth-order valence-corrected chi connectivity index (χ4v) is 3.33. The number of nitrogens with zero attached hydrogens (tertiary/aromatic N) is 1. The number of aromatic nitrogens is 1. The smallest absolute Gasteiger partial charge is 0.265 e. The lowest BCUT2D eigenvalue weighted by Crippen LogP contribution is -2.34. The third-order valence-corrected chi connectivity index (χ3v) is 4.59. The first kappa shape index (κ1) is 16.4. The van der Waals surface area contributed by atoms with Crippen LogP contribution in [-0.2, 0) is 9.59 Å². The summed E-state index contributed by atoms with van der Waals surface area (Å²) in [5, 5.41) is 6.25. The van der Waals surface area contributed by atoms with Crippen molar-refractivity contribution in [2.75, 3.05) is 10.6 Å². The summed E-state index contributed by atoms with van der Waals surface area (Å²) in [5.41, 5.74) is 2.30. The van der Waals surface area contributed by atoms with Gasteiger partial charge in [0, 0.05) is 16.9 Å². The molecule has 1 aromatic carbocycles. The van der Waals surface area contributed by atoms with Crippen LogP contribution in [0, 0.1) is 6.92 Å². The highest BCUT2D eigenvalue weighted by Crippen LogP contribution is 2.36. The molecular weight excluding hydrogens is 326 g/mol. The van der Waals surface area contributed by atoms with E-state index in [2.05, 4.69) is 15.6 Å². The van der Waals surface area contributed by atoms with Crippen LogP contribution in [0.2, 0.25) is 0 Å². The number of thiazole rings is 1. The molecule has 1 unspecified atom stereocenters. The average Bonchev–Trinajstić information content (AvgIpc) is 2.88. The number of rotatable bonds is 4. The van der Waals surface area contributed by atoms with Crippen molar-refractivity contribution in [3.05, 3.63) is 23.1 Å². The van der Waals surface area contributed by atoms with E-state index in [0.717, 1.165) is 22.6 Å². The quantitative estimate of drug-likeness (QED) is 0.887. The van der Waals surface area contributed by atoms with E-state index in [1.807, 2.05) is 32.0 Å². The number of aryl methyl sites for hydroxylation is 1. The maximum atomic E-state index is 11.8. The lowest BCUT2D eigenvalue weighted by Gasteiger charge is -2.23. The fraction of sp³-hybridized carbons (Fsp3) is 0.353. The third-order valence-electron chi connectivity index (χ3n) is 3.70.